The Bertz CT molecular complexity index is 468. The van der Waals surface area contributed by atoms with E-state index in [-0.39, 0.29) is 0 Å². The molecule has 3 heteroatoms. The Hall–Kier alpha value is -2.03. The molecule has 0 radical (unpaired) electrons. The summed E-state index contributed by atoms with van der Waals surface area (Å²) in [6, 6.07) is 14.3. The topological polar surface area (TPSA) is 42.2 Å². The maximum absolute atomic E-state index is 5.84. The van der Waals surface area contributed by atoms with Crippen molar-refractivity contribution in [1.82, 2.24) is 4.98 Å². The quantitative estimate of drug-likeness (QED) is 0.871. The molecule has 2 aromatic rings. The first-order valence-electron chi connectivity index (χ1n) is 5.73. The Labute approximate surface area is 102 Å². The Morgan fingerprint density at radius 1 is 1.12 bits per heavy atom. The second kappa shape index (κ2) is 5.34. The van der Waals surface area contributed by atoms with Crippen LogP contribution in [-0.4, -0.2) is 18.6 Å². The number of likely N-dealkylation sites (N-methyl/N-ethyl adjacent to an activating group) is 1. The third-order valence-electron chi connectivity index (χ3n) is 2.81. The fraction of sp³-hybridized carbons (Fsp3) is 0.214. The van der Waals surface area contributed by atoms with E-state index in [2.05, 4.69) is 34.1 Å². The zero-order valence-corrected chi connectivity index (χ0v) is 10.0. The largest absolute Gasteiger partial charge is 0.382 e. The van der Waals surface area contributed by atoms with E-state index >= 15 is 0 Å². The summed E-state index contributed by atoms with van der Waals surface area (Å²) >= 11 is 0. The van der Waals surface area contributed by atoms with Crippen LogP contribution in [0.4, 0.5) is 11.5 Å². The third kappa shape index (κ3) is 2.97. The van der Waals surface area contributed by atoms with Crippen LogP contribution in [0.3, 0.4) is 0 Å². The predicted molar refractivity (Wildman–Crippen MR) is 72.1 cm³/mol. The molecular formula is C14H17N3. The van der Waals surface area contributed by atoms with Gasteiger partial charge < -0.3 is 10.6 Å². The van der Waals surface area contributed by atoms with Crippen molar-refractivity contribution in [1.29, 1.82) is 0 Å². The number of hydrogen-bond acceptors (Lipinski definition) is 3. The van der Waals surface area contributed by atoms with Gasteiger partial charge in [0.15, 0.2) is 0 Å². The van der Waals surface area contributed by atoms with Gasteiger partial charge in [0, 0.05) is 19.8 Å². The van der Waals surface area contributed by atoms with Crippen LogP contribution >= 0.6 is 0 Å². The predicted octanol–water partition coefficient (Wildman–Crippen LogP) is 2.34. The van der Waals surface area contributed by atoms with E-state index in [0.717, 1.165) is 18.7 Å². The molecule has 0 amide bonds. The first-order valence-corrected chi connectivity index (χ1v) is 5.73. The number of aromatic nitrogens is 1. The summed E-state index contributed by atoms with van der Waals surface area (Å²) in [5.74, 6) is 0.586. The van der Waals surface area contributed by atoms with Crippen LogP contribution in [0.25, 0.3) is 0 Å². The Balaban J connectivity index is 1.99. The van der Waals surface area contributed by atoms with Crippen molar-refractivity contribution in [2.45, 2.75) is 6.42 Å². The lowest BCUT2D eigenvalue weighted by molar-refractivity contribution is 0.875. The Morgan fingerprint density at radius 3 is 2.59 bits per heavy atom. The van der Waals surface area contributed by atoms with Gasteiger partial charge in [0.1, 0.15) is 5.82 Å². The molecule has 1 aromatic heterocycles. The molecular weight excluding hydrogens is 210 g/mol. The van der Waals surface area contributed by atoms with Crippen molar-refractivity contribution in [3.8, 4) is 0 Å². The highest BCUT2D eigenvalue weighted by Gasteiger charge is 2.05. The van der Waals surface area contributed by atoms with Crippen molar-refractivity contribution in [3.05, 3.63) is 54.2 Å². The van der Waals surface area contributed by atoms with Gasteiger partial charge in [-0.15, -0.1) is 0 Å². The van der Waals surface area contributed by atoms with Gasteiger partial charge in [0.2, 0.25) is 0 Å². The van der Waals surface area contributed by atoms with Gasteiger partial charge in [-0.25, -0.2) is 4.98 Å². The van der Waals surface area contributed by atoms with Gasteiger partial charge in [0.05, 0.1) is 5.69 Å². The molecule has 0 aliphatic carbocycles. The average molecular weight is 227 g/mol. The molecule has 3 nitrogen and oxygen atoms in total. The number of anilines is 2. The van der Waals surface area contributed by atoms with Crippen LogP contribution in [0, 0.1) is 0 Å². The number of hydrogen-bond donors (Lipinski definition) is 1. The van der Waals surface area contributed by atoms with Crippen molar-refractivity contribution < 1.29 is 0 Å². The lowest BCUT2D eigenvalue weighted by atomic mass is 10.1. The first kappa shape index (κ1) is 11.5. The van der Waals surface area contributed by atoms with Gasteiger partial charge in [-0.05, 0) is 24.1 Å². The minimum absolute atomic E-state index is 0.586. The van der Waals surface area contributed by atoms with Crippen LogP contribution < -0.4 is 10.6 Å². The fourth-order valence-electron chi connectivity index (χ4n) is 1.79. The average Bonchev–Trinajstić information content (AvgIpc) is 2.38. The zero-order chi connectivity index (χ0) is 12.1. The van der Waals surface area contributed by atoms with Gasteiger partial charge >= 0.3 is 0 Å². The molecule has 2 N–H and O–H groups in total. The van der Waals surface area contributed by atoms with E-state index in [1.807, 2.05) is 25.2 Å². The Morgan fingerprint density at radius 2 is 1.88 bits per heavy atom. The standard InChI is InChI=1S/C14H17N3/c1-17(13-8-5-10-16-14(13)15)11-9-12-6-3-2-4-7-12/h2-8,10H,9,11H2,1H3,(H2,15,16). The molecule has 0 saturated heterocycles. The summed E-state index contributed by atoms with van der Waals surface area (Å²) in [5, 5.41) is 0. The Kier molecular flexibility index (Phi) is 3.60. The number of nitrogens with two attached hydrogens (primary N) is 1. The van der Waals surface area contributed by atoms with Gasteiger partial charge in [0.25, 0.3) is 0 Å². The molecule has 0 fully saturated rings. The van der Waals surface area contributed by atoms with Crippen molar-refractivity contribution in [2.24, 2.45) is 0 Å². The number of nitrogen functional groups attached to an aromatic ring is 1. The van der Waals surface area contributed by atoms with Crippen LogP contribution in [0.15, 0.2) is 48.7 Å². The lowest BCUT2D eigenvalue weighted by Gasteiger charge is -2.20. The number of nitrogens with zero attached hydrogens (tertiary/aromatic N) is 2. The summed E-state index contributed by atoms with van der Waals surface area (Å²) in [7, 11) is 2.04. The van der Waals surface area contributed by atoms with E-state index in [4.69, 9.17) is 5.73 Å². The second-order valence-corrected chi connectivity index (χ2v) is 4.06. The molecule has 0 aliphatic rings. The van der Waals surface area contributed by atoms with Crippen molar-refractivity contribution in [2.75, 3.05) is 24.2 Å². The van der Waals surface area contributed by atoms with E-state index in [0.29, 0.717) is 5.82 Å². The minimum Gasteiger partial charge on any atom is -0.382 e. The van der Waals surface area contributed by atoms with Crippen molar-refractivity contribution >= 4 is 11.5 Å². The zero-order valence-electron chi connectivity index (χ0n) is 10.0. The minimum atomic E-state index is 0.586. The highest BCUT2D eigenvalue weighted by molar-refractivity contribution is 5.62. The molecule has 1 aromatic carbocycles. The molecule has 0 spiro atoms. The van der Waals surface area contributed by atoms with Gasteiger partial charge in [-0.1, -0.05) is 30.3 Å². The van der Waals surface area contributed by atoms with E-state index in [1.165, 1.54) is 5.56 Å². The normalized spacial score (nSPS) is 10.2. The molecule has 17 heavy (non-hydrogen) atoms. The fourth-order valence-corrected chi connectivity index (χ4v) is 1.79. The maximum Gasteiger partial charge on any atom is 0.146 e. The molecule has 0 atom stereocenters. The van der Waals surface area contributed by atoms with Crippen LogP contribution in [-0.2, 0) is 6.42 Å². The molecule has 1 heterocycles. The highest BCUT2D eigenvalue weighted by Crippen LogP contribution is 2.18. The molecule has 2 rings (SSSR count). The van der Waals surface area contributed by atoms with Gasteiger partial charge in [-0.2, -0.15) is 0 Å². The first-order chi connectivity index (χ1) is 8.27. The van der Waals surface area contributed by atoms with Crippen LogP contribution in [0.5, 0.6) is 0 Å². The molecule has 0 bridgehead atoms. The summed E-state index contributed by atoms with van der Waals surface area (Å²) in [4.78, 5) is 6.23. The van der Waals surface area contributed by atoms with E-state index in [1.54, 1.807) is 6.20 Å². The molecule has 0 unspecified atom stereocenters. The van der Waals surface area contributed by atoms with Crippen LogP contribution in [0.2, 0.25) is 0 Å². The summed E-state index contributed by atoms with van der Waals surface area (Å²) in [6.45, 7) is 0.930. The number of rotatable bonds is 4. The molecule has 0 aliphatic heterocycles. The SMILES string of the molecule is CN(CCc1ccccc1)c1cccnc1N. The van der Waals surface area contributed by atoms with Crippen molar-refractivity contribution in [3.63, 3.8) is 0 Å². The van der Waals surface area contributed by atoms with Gasteiger partial charge in [-0.3, -0.25) is 0 Å². The number of pyridine rings is 1. The summed E-state index contributed by atoms with van der Waals surface area (Å²) in [6.07, 6.45) is 2.72. The maximum atomic E-state index is 5.84. The summed E-state index contributed by atoms with van der Waals surface area (Å²) < 4.78 is 0. The number of benzene rings is 1. The van der Waals surface area contributed by atoms with E-state index < -0.39 is 0 Å². The van der Waals surface area contributed by atoms with Crippen LogP contribution in [0.1, 0.15) is 5.56 Å². The highest BCUT2D eigenvalue weighted by atomic mass is 15.1. The third-order valence-corrected chi connectivity index (χ3v) is 2.81. The van der Waals surface area contributed by atoms with E-state index in [9.17, 15) is 0 Å². The molecule has 88 valence electrons. The lowest BCUT2D eigenvalue weighted by Crippen LogP contribution is -2.21. The second-order valence-electron chi connectivity index (χ2n) is 4.06. The summed E-state index contributed by atoms with van der Waals surface area (Å²) in [5.41, 5.74) is 8.16. The molecule has 0 saturated carbocycles. The monoisotopic (exact) mass is 227 g/mol. The smallest absolute Gasteiger partial charge is 0.146 e.